The van der Waals surface area contributed by atoms with Gasteiger partial charge in [0.05, 0.1) is 5.56 Å². The molecule has 0 saturated carbocycles. The van der Waals surface area contributed by atoms with E-state index < -0.39 is 23.2 Å². The molecule has 0 amide bonds. The molecule has 70 valence electrons. The molecule has 13 heavy (non-hydrogen) atoms. The van der Waals surface area contributed by atoms with Crippen molar-refractivity contribution in [3.05, 3.63) is 33.3 Å². The van der Waals surface area contributed by atoms with Gasteiger partial charge in [-0.3, -0.25) is 0 Å². The summed E-state index contributed by atoms with van der Waals surface area (Å²) in [5, 5.41) is 8.48. The molecule has 0 aliphatic heterocycles. The van der Waals surface area contributed by atoms with Crippen molar-refractivity contribution < 1.29 is 18.7 Å². The lowest BCUT2D eigenvalue weighted by Crippen LogP contribution is -2.04. The molecule has 0 unspecified atom stereocenters. The van der Waals surface area contributed by atoms with Gasteiger partial charge in [-0.2, -0.15) is 0 Å². The molecule has 1 aromatic carbocycles. The van der Waals surface area contributed by atoms with Gasteiger partial charge in [0.2, 0.25) is 0 Å². The minimum Gasteiger partial charge on any atom is -0.478 e. The van der Waals surface area contributed by atoms with Gasteiger partial charge in [0.25, 0.3) is 0 Å². The topological polar surface area (TPSA) is 37.3 Å². The molecule has 0 aliphatic rings. The van der Waals surface area contributed by atoms with Crippen molar-refractivity contribution >= 4 is 21.9 Å². The summed E-state index contributed by atoms with van der Waals surface area (Å²) in [5.74, 6) is -3.95. The van der Waals surface area contributed by atoms with Crippen molar-refractivity contribution in [2.75, 3.05) is 0 Å². The van der Waals surface area contributed by atoms with E-state index in [2.05, 4.69) is 15.9 Å². The molecule has 0 saturated heterocycles. The molecule has 1 rings (SSSR count). The predicted molar refractivity (Wildman–Crippen MR) is 45.8 cm³/mol. The third-order valence-corrected chi connectivity index (χ3v) is 2.44. The zero-order valence-electron chi connectivity index (χ0n) is 6.57. The maximum absolute atomic E-state index is 12.9. The first-order valence-corrected chi connectivity index (χ1v) is 4.12. The van der Waals surface area contributed by atoms with Gasteiger partial charge in [-0.25, -0.2) is 13.6 Å². The lowest BCUT2D eigenvalue weighted by atomic mass is 10.1. The van der Waals surface area contributed by atoms with Gasteiger partial charge >= 0.3 is 5.97 Å². The third-order valence-electron chi connectivity index (χ3n) is 1.62. The molecule has 0 aliphatic carbocycles. The number of aromatic carboxylic acids is 1. The van der Waals surface area contributed by atoms with Crippen molar-refractivity contribution in [1.29, 1.82) is 0 Å². The molecule has 0 fully saturated rings. The van der Waals surface area contributed by atoms with Crippen molar-refractivity contribution in [3.8, 4) is 0 Å². The summed E-state index contributed by atoms with van der Waals surface area (Å²) in [7, 11) is 0. The Hall–Kier alpha value is -0.970. The van der Waals surface area contributed by atoms with E-state index in [1.807, 2.05) is 0 Å². The van der Waals surface area contributed by atoms with Crippen LogP contribution in [-0.4, -0.2) is 11.1 Å². The Bertz CT molecular complexity index is 377. The Morgan fingerprint density at radius 2 is 2.00 bits per heavy atom. The van der Waals surface area contributed by atoms with E-state index in [-0.39, 0.29) is 10.0 Å². The minimum atomic E-state index is -1.49. The molecule has 0 aromatic heterocycles. The Morgan fingerprint density at radius 1 is 1.46 bits per heavy atom. The van der Waals surface area contributed by atoms with Gasteiger partial charge in [-0.15, -0.1) is 0 Å². The highest BCUT2D eigenvalue weighted by molar-refractivity contribution is 9.10. The van der Waals surface area contributed by atoms with Crippen molar-refractivity contribution in [2.24, 2.45) is 0 Å². The summed E-state index contributed by atoms with van der Waals surface area (Å²) in [6, 6.07) is 1.04. The zero-order valence-corrected chi connectivity index (χ0v) is 8.15. The summed E-state index contributed by atoms with van der Waals surface area (Å²) < 4.78 is 26.1. The zero-order chi connectivity index (χ0) is 10.2. The molecule has 0 radical (unpaired) electrons. The molecule has 2 nitrogen and oxygen atoms in total. The van der Waals surface area contributed by atoms with E-state index >= 15 is 0 Å². The quantitative estimate of drug-likeness (QED) is 0.779. The Labute approximate surface area is 81.3 Å². The molecule has 0 spiro atoms. The fourth-order valence-corrected chi connectivity index (χ4v) is 1.24. The van der Waals surface area contributed by atoms with Crippen molar-refractivity contribution in [2.45, 2.75) is 6.92 Å². The van der Waals surface area contributed by atoms with E-state index in [0.29, 0.717) is 0 Å². The standard InChI is InChI=1S/C8H5BrF2O2/c1-3-5(9)2-4(8(12)13)7(11)6(3)10/h2H,1H3,(H,12,13). The minimum absolute atomic E-state index is 0.0579. The smallest absolute Gasteiger partial charge is 0.338 e. The number of benzene rings is 1. The van der Waals surface area contributed by atoms with E-state index in [1.54, 1.807) is 0 Å². The van der Waals surface area contributed by atoms with Crippen molar-refractivity contribution in [3.63, 3.8) is 0 Å². The molecule has 0 heterocycles. The maximum atomic E-state index is 12.9. The van der Waals surface area contributed by atoms with Crippen molar-refractivity contribution in [1.82, 2.24) is 0 Å². The summed E-state index contributed by atoms with van der Waals surface area (Å²) in [6.07, 6.45) is 0. The fourth-order valence-electron chi connectivity index (χ4n) is 0.842. The number of carboxylic acids is 1. The molecular formula is C8H5BrF2O2. The van der Waals surface area contributed by atoms with Crippen LogP contribution in [0.15, 0.2) is 10.5 Å². The molecule has 1 N–H and O–H groups in total. The van der Waals surface area contributed by atoms with Gasteiger partial charge in [0.15, 0.2) is 11.6 Å². The average molecular weight is 251 g/mol. The number of carbonyl (C=O) groups is 1. The Kier molecular flexibility index (Phi) is 2.66. The first-order chi connectivity index (χ1) is 5.95. The van der Waals surface area contributed by atoms with Crippen LogP contribution in [-0.2, 0) is 0 Å². The Balaban J connectivity index is 3.50. The highest BCUT2D eigenvalue weighted by atomic mass is 79.9. The average Bonchev–Trinajstić information content (AvgIpc) is 2.07. The largest absolute Gasteiger partial charge is 0.478 e. The molecule has 0 atom stereocenters. The van der Waals surface area contributed by atoms with Gasteiger partial charge < -0.3 is 5.11 Å². The maximum Gasteiger partial charge on any atom is 0.338 e. The number of rotatable bonds is 1. The second-order valence-corrected chi connectivity index (χ2v) is 3.32. The van der Waals surface area contributed by atoms with Gasteiger partial charge in [-0.1, -0.05) is 15.9 Å². The number of carboxylic acid groups (broad SMARTS) is 1. The molecular weight excluding hydrogens is 246 g/mol. The van der Waals surface area contributed by atoms with Crippen LogP contribution in [0.3, 0.4) is 0 Å². The van der Waals surface area contributed by atoms with Crippen LogP contribution in [0.1, 0.15) is 15.9 Å². The van der Waals surface area contributed by atoms with Crippen LogP contribution >= 0.6 is 15.9 Å². The second-order valence-electron chi connectivity index (χ2n) is 2.46. The molecule has 5 heteroatoms. The van der Waals surface area contributed by atoms with E-state index in [4.69, 9.17) is 5.11 Å². The van der Waals surface area contributed by atoms with Gasteiger partial charge in [0, 0.05) is 10.0 Å². The lowest BCUT2D eigenvalue weighted by molar-refractivity contribution is 0.0690. The second kappa shape index (κ2) is 3.41. The van der Waals surface area contributed by atoms with Crippen LogP contribution in [0.4, 0.5) is 8.78 Å². The monoisotopic (exact) mass is 250 g/mol. The van der Waals surface area contributed by atoms with Crippen LogP contribution in [0.2, 0.25) is 0 Å². The first kappa shape index (κ1) is 10.1. The van der Waals surface area contributed by atoms with Crippen LogP contribution in [0, 0.1) is 18.6 Å². The normalized spacial score (nSPS) is 10.2. The highest BCUT2D eigenvalue weighted by Crippen LogP contribution is 2.24. The van der Waals surface area contributed by atoms with E-state index in [9.17, 15) is 13.6 Å². The summed E-state index contributed by atoms with van der Waals surface area (Å²) in [4.78, 5) is 10.4. The van der Waals surface area contributed by atoms with Crippen LogP contribution in [0.5, 0.6) is 0 Å². The van der Waals surface area contributed by atoms with Gasteiger partial charge in [-0.05, 0) is 13.0 Å². The Morgan fingerprint density at radius 3 is 2.46 bits per heavy atom. The summed E-state index contributed by atoms with van der Waals surface area (Å²) in [6.45, 7) is 1.36. The fraction of sp³-hybridized carbons (Fsp3) is 0.125. The van der Waals surface area contributed by atoms with Crippen LogP contribution < -0.4 is 0 Å². The SMILES string of the molecule is Cc1c(Br)cc(C(=O)O)c(F)c1F. The molecule has 1 aromatic rings. The number of hydrogen-bond donors (Lipinski definition) is 1. The third kappa shape index (κ3) is 1.70. The first-order valence-electron chi connectivity index (χ1n) is 3.32. The number of hydrogen-bond acceptors (Lipinski definition) is 1. The summed E-state index contributed by atoms with van der Waals surface area (Å²) in [5.41, 5.74) is -0.613. The predicted octanol–water partition coefficient (Wildman–Crippen LogP) is 2.73. The van der Waals surface area contributed by atoms with Crippen LogP contribution in [0.25, 0.3) is 0 Å². The highest BCUT2D eigenvalue weighted by Gasteiger charge is 2.18. The number of halogens is 3. The summed E-state index contributed by atoms with van der Waals surface area (Å²) >= 11 is 2.93. The van der Waals surface area contributed by atoms with E-state index in [0.717, 1.165) is 6.07 Å². The van der Waals surface area contributed by atoms with Gasteiger partial charge in [0.1, 0.15) is 0 Å². The lowest BCUT2D eigenvalue weighted by Gasteiger charge is -2.04. The van der Waals surface area contributed by atoms with E-state index in [1.165, 1.54) is 6.92 Å². The molecule has 0 bridgehead atoms.